The molecule has 1 saturated carbocycles. The summed E-state index contributed by atoms with van der Waals surface area (Å²) in [4.78, 5) is 55.2. The van der Waals surface area contributed by atoms with Gasteiger partial charge in [0.2, 0.25) is 0 Å². The lowest BCUT2D eigenvalue weighted by Crippen LogP contribution is -2.29. The van der Waals surface area contributed by atoms with Crippen LogP contribution in [0.5, 0.6) is 0 Å². The van der Waals surface area contributed by atoms with E-state index in [4.69, 9.17) is 19.3 Å². The predicted octanol–water partition coefficient (Wildman–Crippen LogP) is 6.90. The lowest BCUT2D eigenvalue weighted by Gasteiger charge is -2.18. The van der Waals surface area contributed by atoms with Crippen LogP contribution >= 0.6 is 7.82 Å². The first kappa shape index (κ1) is 44.1. The molecule has 0 saturated heterocycles. The van der Waals surface area contributed by atoms with E-state index < -0.39 is 44.7 Å². The van der Waals surface area contributed by atoms with Gasteiger partial charge in [-0.15, -0.1) is 0 Å². The van der Waals surface area contributed by atoms with Crippen molar-refractivity contribution in [3.05, 3.63) is 24.3 Å². The average Bonchev–Trinajstić information content (AvgIpc) is 3.30. The molecule has 0 aliphatic heterocycles. The molecule has 0 radical (unpaired) electrons. The largest absolute Gasteiger partial charge is 0.469 e. The molecule has 4 N–H and O–H groups in total. The molecule has 6 atom stereocenters. The highest BCUT2D eigenvalue weighted by Gasteiger charge is 2.39. The van der Waals surface area contributed by atoms with Gasteiger partial charge in [-0.2, -0.15) is 0 Å². The molecule has 0 bridgehead atoms. The summed E-state index contributed by atoms with van der Waals surface area (Å²) >= 11 is 0. The number of phosphoric ester groups is 1. The van der Waals surface area contributed by atoms with Crippen molar-refractivity contribution in [1.29, 1.82) is 0 Å². The van der Waals surface area contributed by atoms with Gasteiger partial charge in [0.25, 0.3) is 0 Å². The molecule has 1 fully saturated rings. The van der Waals surface area contributed by atoms with E-state index in [1.807, 2.05) is 12.2 Å². The van der Waals surface area contributed by atoms with E-state index in [1.54, 1.807) is 12.2 Å². The van der Waals surface area contributed by atoms with Gasteiger partial charge in [0.05, 0.1) is 18.8 Å². The monoisotopic (exact) mass is 702 g/mol. The Balaban J connectivity index is 2.41. The summed E-state index contributed by atoms with van der Waals surface area (Å²) in [6.45, 7) is 5.58. The van der Waals surface area contributed by atoms with Crippen LogP contribution in [0.25, 0.3) is 0 Å². The fourth-order valence-electron chi connectivity index (χ4n) is 5.68. The zero-order chi connectivity index (χ0) is 35.8. The molecule has 1 unspecified atom stereocenters. The first-order chi connectivity index (χ1) is 22.9. The van der Waals surface area contributed by atoms with E-state index in [9.17, 15) is 29.2 Å². The number of hydrogen-bond donors (Lipinski definition) is 4. The summed E-state index contributed by atoms with van der Waals surface area (Å²) in [6, 6.07) is 0. The van der Waals surface area contributed by atoms with Gasteiger partial charge in [-0.1, -0.05) is 109 Å². The zero-order valence-corrected chi connectivity index (χ0v) is 30.4. The Morgan fingerprint density at radius 3 is 2.27 bits per heavy atom. The Kier molecular flexibility index (Phi) is 23.9. The predicted molar refractivity (Wildman–Crippen MR) is 185 cm³/mol. The third-order valence-electron chi connectivity index (χ3n) is 8.88. The van der Waals surface area contributed by atoms with E-state index in [0.717, 1.165) is 44.4 Å². The van der Waals surface area contributed by atoms with Crippen LogP contribution < -0.4 is 0 Å². The number of Topliss-reactive ketones (excluding diaryl/α,β-unsaturated/α-hetero) is 1. The Hall–Kier alpha value is -1.88. The lowest BCUT2D eigenvalue weighted by molar-refractivity contribution is -0.161. The third kappa shape index (κ3) is 22.0. The zero-order valence-electron chi connectivity index (χ0n) is 29.5. The molecule has 278 valence electrons. The first-order valence-electron chi connectivity index (χ1n) is 18.1. The van der Waals surface area contributed by atoms with E-state index in [-0.39, 0.29) is 43.5 Å². The number of ether oxygens (including phenoxy) is 2. The summed E-state index contributed by atoms with van der Waals surface area (Å²) in [5, 5.41) is 20.6. The van der Waals surface area contributed by atoms with Gasteiger partial charge >= 0.3 is 19.8 Å². The molecule has 0 spiro atoms. The molecule has 0 aromatic carbocycles. The van der Waals surface area contributed by atoms with Crippen LogP contribution in [0.4, 0.5) is 0 Å². The topological polar surface area (TPSA) is 177 Å². The van der Waals surface area contributed by atoms with Gasteiger partial charge in [0.15, 0.2) is 6.10 Å². The average molecular weight is 703 g/mol. The van der Waals surface area contributed by atoms with Crippen LogP contribution in [0.1, 0.15) is 136 Å². The maximum absolute atomic E-state index is 12.5. The van der Waals surface area contributed by atoms with Crippen LogP contribution in [-0.4, -0.2) is 69.2 Å². The molecule has 12 heteroatoms. The van der Waals surface area contributed by atoms with Gasteiger partial charge in [0.1, 0.15) is 12.4 Å². The van der Waals surface area contributed by atoms with Crippen LogP contribution in [0.2, 0.25) is 0 Å². The van der Waals surface area contributed by atoms with Crippen molar-refractivity contribution in [2.45, 2.75) is 155 Å². The molecule has 1 aliphatic carbocycles. The quantitative estimate of drug-likeness (QED) is 0.0289. The fraction of sp³-hybridized carbons (Fsp3) is 0.806. The second kappa shape index (κ2) is 26.0. The number of allylic oxidation sites excluding steroid dienone is 2. The second-order valence-electron chi connectivity index (χ2n) is 13.2. The molecular weight excluding hydrogens is 639 g/mol. The van der Waals surface area contributed by atoms with Crippen molar-refractivity contribution >= 4 is 25.5 Å². The molecule has 48 heavy (non-hydrogen) atoms. The molecule has 1 aliphatic rings. The Bertz CT molecular complexity index is 1010. The number of unbranched alkanes of at least 4 members (excludes halogenated alkanes) is 8. The fourth-order valence-corrected chi connectivity index (χ4v) is 6.04. The van der Waals surface area contributed by atoms with E-state index in [1.165, 1.54) is 25.7 Å². The number of rotatable bonds is 28. The molecule has 0 amide bonds. The van der Waals surface area contributed by atoms with Crippen molar-refractivity contribution in [3.63, 3.8) is 0 Å². The van der Waals surface area contributed by atoms with Gasteiger partial charge in [-0.25, -0.2) is 4.57 Å². The number of carbonyl (C=O) groups is 3. The van der Waals surface area contributed by atoms with Crippen molar-refractivity contribution < 1.29 is 52.9 Å². The van der Waals surface area contributed by atoms with Gasteiger partial charge in [0, 0.05) is 31.1 Å². The summed E-state index contributed by atoms with van der Waals surface area (Å²) < 4.78 is 26.2. The summed E-state index contributed by atoms with van der Waals surface area (Å²) in [6.07, 6.45) is 18.6. The second-order valence-corrected chi connectivity index (χ2v) is 14.5. The molecule has 0 aromatic heterocycles. The summed E-state index contributed by atoms with van der Waals surface area (Å²) in [5.74, 6) is -1.07. The van der Waals surface area contributed by atoms with Gasteiger partial charge < -0.3 is 29.5 Å². The van der Waals surface area contributed by atoms with Crippen molar-refractivity contribution in [3.8, 4) is 0 Å². The van der Waals surface area contributed by atoms with Crippen LogP contribution in [0.3, 0.4) is 0 Å². The van der Waals surface area contributed by atoms with E-state index in [2.05, 4.69) is 25.3 Å². The normalized spacial score (nSPS) is 20.4. The standard InChI is InChI=1S/C36H63O11P/c1-4-6-13-19-29(37)23-24-32-31(33(38)25-34(32)39)20-15-11-12-17-22-36(41)47-30(27-46-48(42,43)44)26-45-35(40)21-16-10-8-7-9-14-18-28(3)5-2/h11,15,23-24,28-32,34,37,39H,4-10,12-14,16-22,25-27H2,1-3H3,(H2,42,43,44)/b15-11-,24-23+/t28?,29-,30+,31+,32+,34+/m0/s1. The van der Waals surface area contributed by atoms with Crippen molar-refractivity contribution in [1.82, 2.24) is 0 Å². The van der Waals surface area contributed by atoms with Crippen molar-refractivity contribution in [2.75, 3.05) is 13.2 Å². The smallest absolute Gasteiger partial charge is 0.462 e. The molecule has 0 heterocycles. The lowest BCUT2D eigenvalue weighted by atomic mass is 9.90. The number of hydrogen-bond acceptors (Lipinski definition) is 9. The third-order valence-corrected chi connectivity index (χ3v) is 9.37. The molecular formula is C36H63O11P. The summed E-state index contributed by atoms with van der Waals surface area (Å²) in [5.41, 5.74) is 0. The van der Waals surface area contributed by atoms with Crippen LogP contribution in [0.15, 0.2) is 24.3 Å². The number of aliphatic hydroxyl groups is 2. The highest BCUT2D eigenvalue weighted by molar-refractivity contribution is 7.46. The van der Waals surface area contributed by atoms with Gasteiger partial charge in [-0.05, 0) is 38.0 Å². The van der Waals surface area contributed by atoms with Gasteiger partial charge in [-0.3, -0.25) is 18.9 Å². The van der Waals surface area contributed by atoms with E-state index >= 15 is 0 Å². The number of esters is 2. The number of aliphatic hydroxyl groups excluding tert-OH is 2. The Morgan fingerprint density at radius 2 is 1.58 bits per heavy atom. The van der Waals surface area contributed by atoms with Crippen molar-refractivity contribution in [2.24, 2.45) is 17.8 Å². The number of carbonyl (C=O) groups excluding carboxylic acids is 3. The Labute approximate surface area is 288 Å². The van der Waals surface area contributed by atoms with Crippen LogP contribution in [0, 0.1) is 17.8 Å². The van der Waals surface area contributed by atoms with Crippen LogP contribution in [-0.2, 0) is 32.9 Å². The highest BCUT2D eigenvalue weighted by atomic mass is 31.2. The first-order valence-corrected chi connectivity index (χ1v) is 19.7. The number of ketones is 1. The number of phosphoric acid groups is 1. The summed E-state index contributed by atoms with van der Waals surface area (Å²) in [7, 11) is -4.82. The SMILES string of the molecule is CCCCC[C@H](O)/C=C/[C@H]1[C@H](O)CC(=O)[C@@H]1C/C=C\CCCC(=O)O[C@H](COC(=O)CCCCCCCCC(C)CC)COP(=O)(O)O. The maximum atomic E-state index is 12.5. The van der Waals surface area contributed by atoms with E-state index in [0.29, 0.717) is 32.1 Å². The Morgan fingerprint density at radius 1 is 0.917 bits per heavy atom. The minimum Gasteiger partial charge on any atom is -0.462 e. The minimum absolute atomic E-state index is 0.0157. The molecule has 11 nitrogen and oxygen atoms in total. The molecule has 1 rings (SSSR count). The maximum Gasteiger partial charge on any atom is 0.469 e. The molecule has 0 aromatic rings. The highest BCUT2D eigenvalue weighted by Crippen LogP contribution is 2.36. The minimum atomic E-state index is -4.82.